The lowest BCUT2D eigenvalue weighted by molar-refractivity contribution is 0.388. The molecule has 0 saturated heterocycles. The molecule has 0 aliphatic heterocycles. The number of hydrogen-bond donors (Lipinski definition) is 2. The first-order valence-electron chi connectivity index (χ1n) is 4.94. The molecule has 0 aromatic carbocycles. The van der Waals surface area contributed by atoms with Crippen molar-refractivity contribution in [1.29, 1.82) is 0 Å². The molecule has 1 aromatic heterocycles. The van der Waals surface area contributed by atoms with E-state index in [-0.39, 0.29) is 0 Å². The van der Waals surface area contributed by atoms with Gasteiger partial charge in [-0.15, -0.1) is 0 Å². The van der Waals surface area contributed by atoms with Gasteiger partial charge in [-0.1, -0.05) is 20.3 Å². The molecule has 2 N–H and O–H groups in total. The van der Waals surface area contributed by atoms with Crippen LogP contribution >= 0.6 is 0 Å². The fourth-order valence-corrected chi connectivity index (χ4v) is 1.21. The van der Waals surface area contributed by atoms with E-state index in [1.165, 1.54) is 6.42 Å². The summed E-state index contributed by atoms with van der Waals surface area (Å²) in [4.78, 5) is 7.05. The third-order valence-electron chi connectivity index (χ3n) is 2.67. The van der Waals surface area contributed by atoms with Gasteiger partial charge in [0.05, 0.1) is 6.33 Å². The average molecular weight is 181 g/mol. The van der Waals surface area contributed by atoms with E-state index in [0.717, 1.165) is 18.2 Å². The third kappa shape index (κ3) is 3.19. The Hall–Kier alpha value is -0.830. The smallest absolute Gasteiger partial charge is 0.0922 e. The van der Waals surface area contributed by atoms with E-state index in [0.29, 0.717) is 6.04 Å². The number of rotatable bonds is 5. The highest BCUT2D eigenvalue weighted by Crippen LogP contribution is 2.06. The molecule has 2 atom stereocenters. The van der Waals surface area contributed by atoms with Gasteiger partial charge in [-0.3, -0.25) is 0 Å². The Bertz CT molecular complexity index is 218. The number of imidazole rings is 1. The van der Waals surface area contributed by atoms with Gasteiger partial charge in [-0.25, -0.2) is 4.98 Å². The predicted octanol–water partition coefficient (Wildman–Crippen LogP) is 1.93. The summed E-state index contributed by atoms with van der Waals surface area (Å²) < 4.78 is 0. The Balaban J connectivity index is 2.26. The van der Waals surface area contributed by atoms with Crippen molar-refractivity contribution in [2.24, 2.45) is 5.92 Å². The van der Waals surface area contributed by atoms with Gasteiger partial charge in [-0.05, 0) is 12.8 Å². The molecule has 0 saturated carbocycles. The van der Waals surface area contributed by atoms with E-state index in [1.54, 1.807) is 6.33 Å². The van der Waals surface area contributed by atoms with Crippen molar-refractivity contribution in [1.82, 2.24) is 15.3 Å². The van der Waals surface area contributed by atoms with E-state index in [1.807, 2.05) is 6.20 Å². The highest BCUT2D eigenvalue weighted by Gasteiger charge is 2.08. The molecule has 13 heavy (non-hydrogen) atoms. The van der Waals surface area contributed by atoms with Gasteiger partial charge in [-0.2, -0.15) is 0 Å². The van der Waals surface area contributed by atoms with Gasteiger partial charge in [0.25, 0.3) is 0 Å². The minimum atomic E-state index is 0.563. The zero-order valence-electron chi connectivity index (χ0n) is 8.67. The van der Waals surface area contributed by atoms with Crippen molar-refractivity contribution in [3.05, 3.63) is 18.2 Å². The molecule has 0 aliphatic carbocycles. The van der Waals surface area contributed by atoms with Crippen molar-refractivity contribution < 1.29 is 0 Å². The molecular weight excluding hydrogens is 162 g/mol. The minimum Gasteiger partial charge on any atom is -0.347 e. The van der Waals surface area contributed by atoms with Crippen molar-refractivity contribution in [2.45, 2.75) is 39.8 Å². The first-order valence-corrected chi connectivity index (χ1v) is 4.94. The molecule has 74 valence electrons. The summed E-state index contributed by atoms with van der Waals surface area (Å²) in [6.45, 7) is 7.60. The van der Waals surface area contributed by atoms with Crippen LogP contribution in [-0.4, -0.2) is 16.0 Å². The monoisotopic (exact) mass is 181 g/mol. The maximum absolute atomic E-state index is 3.97. The van der Waals surface area contributed by atoms with Crippen LogP contribution in [0, 0.1) is 5.92 Å². The number of aromatic nitrogens is 2. The number of nitrogens with one attached hydrogen (secondary N) is 2. The van der Waals surface area contributed by atoms with Gasteiger partial charge in [0.15, 0.2) is 0 Å². The normalized spacial score (nSPS) is 15.6. The van der Waals surface area contributed by atoms with Crippen LogP contribution in [0.2, 0.25) is 0 Å². The minimum absolute atomic E-state index is 0.563. The van der Waals surface area contributed by atoms with Gasteiger partial charge in [0.2, 0.25) is 0 Å². The SMILES string of the molecule is CCC(C)C(C)NCc1cnc[nH]1. The zero-order valence-corrected chi connectivity index (χ0v) is 8.67. The molecule has 0 spiro atoms. The second-order valence-electron chi connectivity index (χ2n) is 3.63. The maximum Gasteiger partial charge on any atom is 0.0922 e. The Morgan fingerprint density at radius 2 is 2.31 bits per heavy atom. The molecule has 0 bridgehead atoms. The average Bonchev–Trinajstić information content (AvgIpc) is 2.65. The molecule has 1 rings (SSSR count). The maximum atomic E-state index is 3.97. The first kappa shape index (κ1) is 10.3. The van der Waals surface area contributed by atoms with Crippen LogP contribution in [-0.2, 0) is 6.54 Å². The molecule has 3 heteroatoms. The highest BCUT2D eigenvalue weighted by atomic mass is 15.0. The lowest BCUT2D eigenvalue weighted by Gasteiger charge is -2.19. The second-order valence-corrected chi connectivity index (χ2v) is 3.63. The van der Waals surface area contributed by atoms with Crippen LogP contribution in [0.4, 0.5) is 0 Å². The second kappa shape index (κ2) is 5.02. The molecule has 0 amide bonds. The van der Waals surface area contributed by atoms with Crippen LogP contribution in [0.3, 0.4) is 0 Å². The summed E-state index contributed by atoms with van der Waals surface area (Å²) in [6.07, 6.45) is 4.79. The lowest BCUT2D eigenvalue weighted by atomic mass is 10.0. The fraction of sp³-hybridized carbons (Fsp3) is 0.700. The zero-order chi connectivity index (χ0) is 9.68. The standard InChI is InChI=1S/C10H19N3/c1-4-8(2)9(3)12-6-10-5-11-7-13-10/h5,7-9,12H,4,6H2,1-3H3,(H,11,13). The van der Waals surface area contributed by atoms with Crippen molar-refractivity contribution in [3.63, 3.8) is 0 Å². The number of hydrogen-bond acceptors (Lipinski definition) is 2. The van der Waals surface area contributed by atoms with Crippen LogP contribution in [0.5, 0.6) is 0 Å². The Morgan fingerprint density at radius 1 is 1.54 bits per heavy atom. The summed E-state index contributed by atoms with van der Waals surface area (Å²) >= 11 is 0. The van der Waals surface area contributed by atoms with Gasteiger partial charge in [0.1, 0.15) is 0 Å². The quantitative estimate of drug-likeness (QED) is 0.728. The number of H-pyrrole nitrogens is 1. The summed E-state index contributed by atoms with van der Waals surface area (Å²) in [5.41, 5.74) is 1.15. The fourth-order valence-electron chi connectivity index (χ4n) is 1.21. The molecule has 0 fully saturated rings. The van der Waals surface area contributed by atoms with Crippen LogP contribution in [0.1, 0.15) is 32.9 Å². The molecule has 0 aliphatic rings. The lowest BCUT2D eigenvalue weighted by Crippen LogP contribution is -2.31. The van der Waals surface area contributed by atoms with Crippen molar-refractivity contribution >= 4 is 0 Å². The third-order valence-corrected chi connectivity index (χ3v) is 2.67. The summed E-state index contributed by atoms with van der Waals surface area (Å²) in [6, 6.07) is 0.563. The first-order chi connectivity index (χ1) is 6.24. The van der Waals surface area contributed by atoms with Crippen LogP contribution < -0.4 is 5.32 Å². The van der Waals surface area contributed by atoms with E-state index in [9.17, 15) is 0 Å². The van der Waals surface area contributed by atoms with E-state index < -0.39 is 0 Å². The Kier molecular flexibility index (Phi) is 3.96. The van der Waals surface area contributed by atoms with Crippen molar-refractivity contribution in [3.8, 4) is 0 Å². The van der Waals surface area contributed by atoms with E-state index in [2.05, 4.69) is 36.1 Å². The predicted molar refractivity (Wildman–Crippen MR) is 54.3 cm³/mol. The molecule has 1 heterocycles. The van der Waals surface area contributed by atoms with Gasteiger partial charge >= 0.3 is 0 Å². The van der Waals surface area contributed by atoms with E-state index >= 15 is 0 Å². The summed E-state index contributed by atoms with van der Waals surface area (Å²) in [7, 11) is 0. The Labute approximate surface area is 80.0 Å². The summed E-state index contributed by atoms with van der Waals surface area (Å²) in [5.74, 6) is 0.725. The van der Waals surface area contributed by atoms with Crippen LogP contribution in [0.25, 0.3) is 0 Å². The van der Waals surface area contributed by atoms with Gasteiger partial charge < -0.3 is 10.3 Å². The molecule has 2 unspecified atom stereocenters. The summed E-state index contributed by atoms with van der Waals surface area (Å²) in [5, 5.41) is 3.46. The molecule has 1 aromatic rings. The Morgan fingerprint density at radius 3 is 2.85 bits per heavy atom. The highest BCUT2D eigenvalue weighted by molar-refractivity contribution is 4.93. The molecular formula is C10H19N3. The van der Waals surface area contributed by atoms with Gasteiger partial charge in [0, 0.05) is 24.5 Å². The molecule has 3 nitrogen and oxygen atoms in total. The van der Waals surface area contributed by atoms with Crippen molar-refractivity contribution in [2.75, 3.05) is 0 Å². The van der Waals surface area contributed by atoms with E-state index in [4.69, 9.17) is 0 Å². The topological polar surface area (TPSA) is 40.7 Å². The largest absolute Gasteiger partial charge is 0.347 e. The number of aromatic amines is 1. The number of nitrogens with zero attached hydrogens (tertiary/aromatic N) is 1. The van der Waals surface area contributed by atoms with Crippen LogP contribution in [0.15, 0.2) is 12.5 Å². The molecule has 0 radical (unpaired) electrons.